The molecule has 0 aliphatic carbocycles. The summed E-state index contributed by atoms with van der Waals surface area (Å²) in [5.74, 6) is -2.88. The van der Waals surface area contributed by atoms with Crippen LogP contribution in [0.3, 0.4) is 0 Å². The summed E-state index contributed by atoms with van der Waals surface area (Å²) in [6.07, 6.45) is 0.733. The number of nitrogens with one attached hydrogen (secondary N) is 1. The number of hydrogen-bond acceptors (Lipinski definition) is 6. The Morgan fingerprint density at radius 3 is 2.49 bits per heavy atom. The maximum absolute atomic E-state index is 16.0. The van der Waals surface area contributed by atoms with Gasteiger partial charge in [-0.15, -0.1) is 0 Å². The molecular weight excluding hydrogens is 510 g/mol. The second-order valence-corrected chi connectivity index (χ2v) is 10.5. The van der Waals surface area contributed by atoms with Crippen molar-refractivity contribution in [2.75, 3.05) is 29.9 Å². The summed E-state index contributed by atoms with van der Waals surface area (Å²) in [4.78, 5) is 41.8. The fraction of sp³-hybridized carbons (Fsp3) is 0.393. The maximum atomic E-state index is 16.0. The van der Waals surface area contributed by atoms with Gasteiger partial charge in [-0.1, -0.05) is 12.1 Å². The molecule has 1 atom stereocenters. The van der Waals surface area contributed by atoms with Crippen LogP contribution in [0.4, 0.5) is 25.0 Å². The number of amides is 2. The maximum Gasteiger partial charge on any atom is 0.410 e. The van der Waals surface area contributed by atoms with Gasteiger partial charge in [-0.3, -0.25) is 9.59 Å². The molecule has 9 nitrogen and oxygen atoms in total. The molecule has 3 aromatic rings. The van der Waals surface area contributed by atoms with Gasteiger partial charge in [-0.25, -0.2) is 13.6 Å². The lowest BCUT2D eigenvalue weighted by Gasteiger charge is -2.41. The molecule has 1 fully saturated rings. The van der Waals surface area contributed by atoms with Crippen molar-refractivity contribution in [3.05, 3.63) is 63.9 Å². The minimum Gasteiger partial charge on any atom is -0.506 e. The van der Waals surface area contributed by atoms with Crippen molar-refractivity contribution < 1.29 is 28.2 Å². The number of aryl methyl sites for hydroxylation is 1. The third-order valence-corrected chi connectivity index (χ3v) is 6.54. The van der Waals surface area contributed by atoms with Crippen LogP contribution in [0.1, 0.15) is 45.0 Å². The number of pyridine rings is 1. The number of rotatable bonds is 4. The molecule has 0 bridgehead atoms. The molecule has 1 saturated heterocycles. The predicted molar refractivity (Wildman–Crippen MR) is 144 cm³/mol. The van der Waals surface area contributed by atoms with E-state index in [1.54, 1.807) is 46.8 Å². The Bertz CT molecular complexity index is 1500. The Balaban J connectivity index is 1.70. The first-order valence-electron chi connectivity index (χ1n) is 12.7. The second-order valence-electron chi connectivity index (χ2n) is 10.5. The van der Waals surface area contributed by atoms with Crippen LogP contribution in [0.25, 0.3) is 10.9 Å². The molecule has 0 spiro atoms. The summed E-state index contributed by atoms with van der Waals surface area (Å²) in [5.41, 5.74) is -2.16. The molecule has 2 amide bonds. The van der Waals surface area contributed by atoms with Gasteiger partial charge < -0.3 is 29.5 Å². The zero-order valence-corrected chi connectivity index (χ0v) is 22.5. The van der Waals surface area contributed by atoms with Crippen molar-refractivity contribution in [1.29, 1.82) is 0 Å². The third-order valence-electron chi connectivity index (χ3n) is 6.54. The van der Waals surface area contributed by atoms with E-state index in [-0.39, 0.29) is 59.8 Å². The van der Waals surface area contributed by atoms with Crippen LogP contribution in [0.2, 0.25) is 0 Å². The van der Waals surface area contributed by atoms with E-state index in [1.807, 2.05) is 0 Å². The van der Waals surface area contributed by atoms with Gasteiger partial charge in [0.2, 0.25) is 5.43 Å². The molecule has 0 saturated carbocycles. The number of halogens is 2. The Morgan fingerprint density at radius 1 is 1.18 bits per heavy atom. The van der Waals surface area contributed by atoms with Crippen molar-refractivity contribution in [3.63, 3.8) is 0 Å². The van der Waals surface area contributed by atoms with Gasteiger partial charge in [0, 0.05) is 38.4 Å². The molecule has 39 heavy (non-hydrogen) atoms. The molecule has 4 rings (SSSR count). The Kier molecular flexibility index (Phi) is 7.54. The summed E-state index contributed by atoms with van der Waals surface area (Å²) >= 11 is 0. The molecule has 1 aliphatic rings. The smallest absolute Gasteiger partial charge is 0.410 e. The second kappa shape index (κ2) is 10.5. The molecule has 208 valence electrons. The van der Waals surface area contributed by atoms with E-state index in [9.17, 15) is 19.5 Å². The average molecular weight is 543 g/mol. The number of carbonyl (C=O) groups is 2. The number of para-hydroxylation sites is 2. The summed E-state index contributed by atoms with van der Waals surface area (Å²) in [7, 11) is 0. The normalized spacial score (nSPS) is 15.9. The summed E-state index contributed by atoms with van der Waals surface area (Å²) < 4.78 is 38.3. The quantitative estimate of drug-likeness (QED) is 0.463. The van der Waals surface area contributed by atoms with Crippen LogP contribution in [0, 0.1) is 11.6 Å². The minimum atomic E-state index is -0.948. The summed E-state index contributed by atoms with van der Waals surface area (Å²) in [5, 5.41) is 12.2. The number of aromatic hydroxyl groups is 1. The lowest BCUT2D eigenvalue weighted by molar-refractivity contribution is 0.0158. The van der Waals surface area contributed by atoms with Gasteiger partial charge in [0.15, 0.2) is 5.82 Å². The molecule has 1 aliphatic heterocycles. The van der Waals surface area contributed by atoms with E-state index in [1.165, 1.54) is 32.7 Å². The lowest BCUT2D eigenvalue weighted by Crippen LogP contribution is -2.55. The largest absolute Gasteiger partial charge is 0.506 e. The standard InChI is InChI=1S/C28H32F2N4O5/c1-6-32-15-18(26(37)31-20-9-7-8-10-21(20)35)25(36)17-13-19(29)24(22(30)23(17)32)33-11-12-34(16(2)14-33)27(38)39-28(3,4)5/h7-10,13,15-16,35H,6,11-12,14H2,1-5H3,(H,31,37). The SMILES string of the molecule is CCn1cc(C(=O)Nc2ccccc2O)c(=O)c2cc(F)c(N3CCN(C(=O)OC(C)(C)C)C(C)C3)c(F)c21. The van der Waals surface area contributed by atoms with Crippen molar-refractivity contribution >= 4 is 34.3 Å². The number of phenols is 1. The highest BCUT2D eigenvalue weighted by Gasteiger charge is 2.34. The van der Waals surface area contributed by atoms with Crippen molar-refractivity contribution in [2.24, 2.45) is 0 Å². The number of anilines is 2. The highest BCUT2D eigenvalue weighted by molar-refractivity contribution is 6.06. The fourth-order valence-electron chi connectivity index (χ4n) is 4.70. The molecule has 2 N–H and O–H groups in total. The Morgan fingerprint density at radius 2 is 1.87 bits per heavy atom. The summed E-state index contributed by atoms with van der Waals surface area (Å²) in [6, 6.07) is 6.57. The molecule has 1 aromatic heterocycles. The van der Waals surface area contributed by atoms with Crippen LogP contribution in [0.5, 0.6) is 5.75 Å². The first-order valence-corrected chi connectivity index (χ1v) is 12.7. The number of ether oxygens (including phenoxy) is 1. The van der Waals surface area contributed by atoms with Crippen molar-refractivity contribution in [3.8, 4) is 5.75 Å². The zero-order valence-electron chi connectivity index (χ0n) is 22.5. The van der Waals surface area contributed by atoms with Crippen molar-refractivity contribution in [1.82, 2.24) is 9.47 Å². The van der Waals surface area contributed by atoms with Gasteiger partial charge in [0.1, 0.15) is 28.4 Å². The number of hydrogen-bond donors (Lipinski definition) is 2. The topological polar surface area (TPSA) is 104 Å². The monoisotopic (exact) mass is 542 g/mol. The van der Waals surface area contributed by atoms with Crippen LogP contribution in [0.15, 0.2) is 41.3 Å². The van der Waals surface area contributed by atoms with E-state index in [0.717, 1.165) is 6.07 Å². The third kappa shape index (κ3) is 5.52. The van der Waals surface area contributed by atoms with Crippen LogP contribution in [-0.2, 0) is 11.3 Å². The van der Waals surface area contributed by atoms with Gasteiger partial charge >= 0.3 is 6.09 Å². The predicted octanol–water partition coefficient (Wildman–Crippen LogP) is 4.70. The van der Waals surface area contributed by atoms with Crippen molar-refractivity contribution in [2.45, 2.75) is 52.8 Å². The molecular formula is C28H32F2N4O5. The summed E-state index contributed by atoms with van der Waals surface area (Å²) in [6.45, 7) is 9.45. The first kappa shape index (κ1) is 27.9. The van der Waals surface area contributed by atoms with E-state index in [0.29, 0.717) is 0 Å². The van der Waals surface area contributed by atoms with Gasteiger partial charge in [-0.05, 0) is 52.8 Å². The number of fused-ring (bicyclic) bond motifs is 1. The molecule has 2 heterocycles. The highest BCUT2D eigenvalue weighted by atomic mass is 19.1. The van der Waals surface area contributed by atoms with E-state index in [4.69, 9.17) is 4.74 Å². The Hall–Kier alpha value is -4.15. The van der Waals surface area contributed by atoms with Crippen LogP contribution >= 0.6 is 0 Å². The minimum absolute atomic E-state index is 0.0948. The first-order chi connectivity index (χ1) is 18.3. The number of aromatic nitrogens is 1. The zero-order chi connectivity index (χ0) is 28.6. The number of carbonyl (C=O) groups excluding carboxylic acids is 2. The molecule has 1 unspecified atom stereocenters. The number of phenolic OH excluding ortho intramolecular Hbond substituents is 1. The molecule has 11 heteroatoms. The van der Waals surface area contributed by atoms with Crippen LogP contribution < -0.4 is 15.6 Å². The lowest BCUT2D eigenvalue weighted by atomic mass is 10.1. The van der Waals surface area contributed by atoms with Gasteiger partial charge in [0.05, 0.1) is 16.6 Å². The Labute approximate surface area is 224 Å². The van der Waals surface area contributed by atoms with Gasteiger partial charge in [-0.2, -0.15) is 0 Å². The van der Waals surface area contributed by atoms with Gasteiger partial charge in [0.25, 0.3) is 5.91 Å². The average Bonchev–Trinajstić information content (AvgIpc) is 2.85. The number of benzene rings is 2. The molecule has 0 radical (unpaired) electrons. The van der Waals surface area contributed by atoms with E-state index < -0.39 is 40.7 Å². The fourth-order valence-corrected chi connectivity index (χ4v) is 4.70. The van der Waals surface area contributed by atoms with E-state index in [2.05, 4.69) is 5.32 Å². The number of nitrogens with zero attached hydrogens (tertiary/aromatic N) is 3. The van der Waals surface area contributed by atoms with Crippen LogP contribution in [-0.4, -0.2) is 57.9 Å². The highest BCUT2D eigenvalue weighted by Crippen LogP contribution is 2.32. The number of piperazine rings is 1. The molecule has 2 aromatic carbocycles. The van der Waals surface area contributed by atoms with E-state index >= 15 is 8.78 Å².